The fourth-order valence-electron chi connectivity index (χ4n) is 0.864. The van der Waals surface area contributed by atoms with E-state index >= 15 is 0 Å². The van der Waals surface area contributed by atoms with E-state index in [0.717, 1.165) is 18.1 Å². The highest BCUT2D eigenvalue weighted by Crippen LogP contribution is 1.94. The minimum atomic E-state index is 0.0801. The molecule has 78 valence electrons. The van der Waals surface area contributed by atoms with E-state index in [-0.39, 0.29) is 11.9 Å². The third-order valence-corrected chi connectivity index (χ3v) is 2.26. The van der Waals surface area contributed by atoms with Gasteiger partial charge >= 0.3 is 0 Å². The first-order valence-corrected chi connectivity index (χ1v) is 5.90. The van der Waals surface area contributed by atoms with Crippen LogP contribution in [-0.2, 0) is 4.79 Å². The molecule has 3 nitrogen and oxygen atoms in total. The summed E-state index contributed by atoms with van der Waals surface area (Å²) in [6.07, 6.45) is 0. The van der Waals surface area contributed by atoms with Crippen LogP contribution in [0.4, 0.5) is 0 Å². The van der Waals surface area contributed by atoms with E-state index in [1.807, 2.05) is 25.6 Å². The van der Waals surface area contributed by atoms with Gasteiger partial charge in [0.25, 0.3) is 0 Å². The average Bonchev–Trinajstić information content (AvgIpc) is 2.02. The average molecular weight is 204 g/mol. The maximum Gasteiger partial charge on any atom is 0.234 e. The lowest BCUT2D eigenvalue weighted by atomic mass is 10.4. The first-order chi connectivity index (χ1) is 6.16. The number of carbonyl (C=O) groups is 1. The van der Waals surface area contributed by atoms with Gasteiger partial charge in [-0.05, 0) is 19.6 Å². The molecule has 0 aliphatic heterocycles. The molecule has 1 amide bonds. The summed E-state index contributed by atoms with van der Waals surface area (Å²) in [5, 5.41) is 5.92. The second kappa shape index (κ2) is 8.38. The third kappa shape index (κ3) is 9.70. The predicted molar refractivity (Wildman–Crippen MR) is 59.1 cm³/mol. The standard InChI is InChI=1S/C9H20N2OS/c1-4-13-6-5-10-7-9(12)11-8(2)3/h8,10H,4-7H2,1-3H3,(H,11,12). The Bertz CT molecular complexity index is 140. The molecule has 13 heavy (non-hydrogen) atoms. The lowest BCUT2D eigenvalue weighted by Gasteiger charge is -2.08. The van der Waals surface area contributed by atoms with Crippen LogP contribution in [0, 0.1) is 0 Å². The number of hydrogen-bond donors (Lipinski definition) is 2. The van der Waals surface area contributed by atoms with Gasteiger partial charge in [-0.3, -0.25) is 4.79 Å². The van der Waals surface area contributed by atoms with Crippen molar-refractivity contribution in [1.29, 1.82) is 0 Å². The fraction of sp³-hybridized carbons (Fsp3) is 0.889. The molecule has 0 spiro atoms. The summed E-state index contributed by atoms with van der Waals surface area (Å²) in [4.78, 5) is 11.1. The zero-order valence-corrected chi connectivity index (χ0v) is 9.54. The molecule has 2 N–H and O–H groups in total. The quantitative estimate of drug-likeness (QED) is 0.604. The molecule has 0 rings (SSSR count). The van der Waals surface area contributed by atoms with E-state index in [1.165, 1.54) is 0 Å². The maximum absolute atomic E-state index is 11.1. The zero-order valence-electron chi connectivity index (χ0n) is 8.72. The summed E-state index contributed by atoms with van der Waals surface area (Å²) >= 11 is 1.88. The van der Waals surface area contributed by atoms with Crippen molar-refractivity contribution in [3.63, 3.8) is 0 Å². The van der Waals surface area contributed by atoms with Crippen LogP contribution in [0.5, 0.6) is 0 Å². The molecule has 0 aliphatic rings. The smallest absolute Gasteiger partial charge is 0.234 e. The van der Waals surface area contributed by atoms with E-state index in [4.69, 9.17) is 0 Å². The second-order valence-electron chi connectivity index (χ2n) is 3.10. The predicted octanol–water partition coefficient (Wildman–Crippen LogP) is 0.854. The zero-order chi connectivity index (χ0) is 10.1. The first kappa shape index (κ1) is 12.8. The Hall–Kier alpha value is -0.220. The Morgan fingerprint density at radius 1 is 1.46 bits per heavy atom. The SMILES string of the molecule is CCSCCNCC(=O)NC(C)C. The summed E-state index contributed by atoms with van der Waals surface area (Å²) < 4.78 is 0. The minimum Gasteiger partial charge on any atom is -0.353 e. The van der Waals surface area contributed by atoms with E-state index in [0.29, 0.717) is 6.54 Å². The molecule has 4 heteroatoms. The number of rotatable bonds is 7. The van der Waals surface area contributed by atoms with Crippen molar-refractivity contribution in [2.75, 3.05) is 24.6 Å². The molecule has 0 radical (unpaired) electrons. The second-order valence-corrected chi connectivity index (χ2v) is 4.49. The van der Waals surface area contributed by atoms with Gasteiger partial charge in [0.2, 0.25) is 5.91 Å². The summed E-state index contributed by atoms with van der Waals surface area (Å²) in [5.74, 6) is 2.29. The van der Waals surface area contributed by atoms with Gasteiger partial charge in [0.05, 0.1) is 6.54 Å². The van der Waals surface area contributed by atoms with Crippen molar-refractivity contribution in [1.82, 2.24) is 10.6 Å². The monoisotopic (exact) mass is 204 g/mol. The molecule has 0 aromatic carbocycles. The molecule has 0 saturated heterocycles. The Morgan fingerprint density at radius 2 is 2.15 bits per heavy atom. The largest absolute Gasteiger partial charge is 0.353 e. The molecule has 0 saturated carbocycles. The van der Waals surface area contributed by atoms with E-state index in [9.17, 15) is 4.79 Å². The van der Waals surface area contributed by atoms with Crippen LogP contribution >= 0.6 is 11.8 Å². The summed E-state index contributed by atoms with van der Waals surface area (Å²) in [6, 6.07) is 0.235. The molecular weight excluding hydrogens is 184 g/mol. The molecule has 0 atom stereocenters. The summed E-state index contributed by atoms with van der Waals surface area (Å²) in [7, 11) is 0. The van der Waals surface area contributed by atoms with Crippen LogP contribution in [0.1, 0.15) is 20.8 Å². The van der Waals surface area contributed by atoms with E-state index in [1.54, 1.807) is 0 Å². The molecule has 0 bridgehead atoms. The highest BCUT2D eigenvalue weighted by atomic mass is 32.2. The van der Waals surface area contributed by atoms with Crippen LogP contribution in [0.15, 0.2) is 0 Å². The van der Waals surface area contributed by atoms with Gasteiger partial charge < -0.3 is 10.6 Å². The van der Waals surface area contributed by atoms with Crippen molar-refractivity contribution in [2.45, 2.75) is 26.8 Å². The Kier molecular flexibility index (Phi) is 8.24. The van der Waals surface area contributed by atoms with Gasteiger partial charge in [-0.25, -0.2) is 0 Å². The van der Waals surface area contributed by atoms with Crippen LogP contribution in [0.3, 0.4) is 0 Å². The number of thioether (sulfide) groups is 1. The number of nitrogens with one attached hydrogen (secondary N) is 2. The van der Waals surface area contributed by atoms with E-state index in [2.05, 4.69) is 17.6 Å². The third-order valence-electron chi connectivity index (χ3n) is 1.36. The van der Waals surface area contributed by atoms with Gasteiger partial charge in [0.1, 0.15) is 0 Å². The van der Waals surface area contributed by atoms with Gasteiger partial charge in [0, 0.05) is 18.3 Å². The van der Waals surface area contributed by atoms with Gasteiger partial charge in [-0.2, -0.15) is 11.8 Å². The number of amides is 1. The fourth-order valence-corrected chi connectivity index (χ4v) is 1.44. The van der Waals surface area contributed by atoms with Crippen molar-refractivity contribution >= 4 is 17.7 Å². The van der Waals surface area contributed by atoms with Crippen molar-refractivity contribution < 1.29 is 4.79 Å². The van der Waals surface area contributed by atoms with Crippen LogP contribution < -0.4 is 10.6 Å². The normalized spacial score (nSPS) is 10.5. The van der Waals surface area contributed by atoms with Gasteiger partial charge in [0.15, 0.2) is 0 Å². The number of carbonyl (C=O) groups excluding carboxylic acids is 1. The molecule has 0 fully saturated rings. The lowest BCUT2D eigenvalue weighted by molar-refractivity contribution is -0.120. The number of hydrogen-bond acceptors (Lipinski definition) is 3. The van der Waals surface area contributed by atoms with Crippen molar-refractivity contribution in [3.8, 4) is 0 Å². The molecule has 0 aromatic heterocycles. The van der Waals surface area contributed by atoms with Crippen molar-refractivity contribution in [3.05, 3.63) is 0 Å². The highest BCUT2D eigenvalue weighted by Gasteiger charge is 2.00. The Balaban J connectivity index is 3.17. The molecule has 0 aromatic rings. The van der Waals surface area contributed by atoms with Crippen LogP contribution in [0.2, 0.25) is 0 Å². The maximum atomic E-state index is 11.1. The van der Waals surface area contributed by atoms with E-state index < -0.39 is 0 Å². The summed E-state index contributed by atoms with van der Waals surface area (Å²) in [5.41, 5.74) is 0. The molecule has 0 aliphatic carbocycles. The first-order valence-electron chi connectivity index (χ1n) is 4.74. The molecule has 0 heterocycles. The van der Waals surface area contributed by atoms with Crippen molar-refractivity contribution in [2.24, 2.45) is 0 Å². The molecule has 0 unspecified atom stereocenters. The highest BCUT2D eigenvalue weighted by molar-refractivity contribution is 7.99. The van der Waals surface area contributed by atoms with Crippen LogP contribution in [0.25, 0.3) is 0 Å². The van der Waals surface area contributed by atoms with Gasteiger partial charge in [-0.15, -0.1) is 0 Å². The summed E-state index contributed by atoms with van der Waals surface area (Å²) in [6.45, 7) is 7.40. The minimum absolute atomic E-state index is 0.0801. The Morgan fingerprint density at radius 3 is 2.69 bits per heavy atom. The van der Waals surface area contributed by atoms with Gasteiger partial charge in [-0.1, -0.05) is 6.92 Å². The van der Waals surface area contributed by atoms with Crippen LogP contribution in [-0.4, -0.2) is 36.5 Å². The topological polar surface area (TPSA) is 41.1 Å². The lowest BCUT2D eigenvalue weighted by Crippen LogP contribution is -2.38. The molecular formula is C9H20N2OS. The Labute approximate surface area is 85.0 Å².